The van der Waals surface area contributed by atoms with Gasteiger partial charge in [-0.2, -0.15) is 0 Å². The fraction of sp³-hybridized carbons (Fsp3) is 0.562. The van der Waals surface area contributed by atoms with Gasteiger partial charge in [-0.3, -0.25) is 4.79 Å². The van der Waals surface area contributed by atoms with Crippen LogP contribution in [0, 0.1) is 11.8 Å². The highest BCUT2D eigenvalue weighted by Gasteiger charge is 2.25. The fourth-order valence-corrected chi connectivity index (χ4v) is 2.87. The molecule has 0 bridgehead atoms. The molecule has 4 heteroatoms. The number of carboxylic acids is 1. The second-order valence-corrected chi connectivity index (χ2v) is 5.78. The number of carbonyl (C=O) groups is 1. The quantitative estimate of drug-likeness (QED) is 0.774. The smallest absolute Gasteiger partial charge is 0.306 e. The number of hydrogen-bond acceptors (Lipinski definition) is 3. The maximum Gasteiger partial charge on any atom is 0.306 e. The van der Waals surface area contributed by atoms with Crippen LogP contribution in [-0.2, 0) is 4.79 Å². The third-order valence-electron chi connectivity index (χ3n) is 4.28. The van der Waals surface area contributed by atoms with Crippen molar-refractivity contribution in [3.8, 4) is 5.75 Å². The first-order chi connectivity index (χ1) is 9.56. The van der Waals surface area contributed by atoms with Crippen LogP contribution >= 0.6 is 0 Å². The summed E-state index contributed by atoms with van der Waals surface area (Å²) in [6.45, 7) is 2.99. The van der Waals surface area contributed by atoms with Crippen molar-refractivity contribution in [2.75, 3.05) is 6.54 Å². The van der Waals surface area contributed by atoms with Gasteiger partial charge in [0.2, 0.25) is 0 Å². The number of nitrogens with one attached hydrogen (secondary N) is 1. The molecule has 1 aliphatic carbocycles. The third-order valence-corrected chi connectivity index (χ3v) is 4.28. The van der Waals surface area contributed by atoms with Gasteiger partial charge in [0.15, 0.2) is 0 Å². The highest BCUT2D eigenvalue weighted by Crippen LogP contribution is 2.29. The summed E-state index contributed by atoms with van der Waals surface area (Å²) in [5, 5.41) is 21.9. The summed E-state index contributed by atoms with van der Waals surface area (Å²) in [5.41, 5.74) is 1.07. The molecule has 0 radical (unpaired) electrons. The Morgan fingerprint density at radius 3 is 2.65 bits per heavy atom. The van der Waals surface area contributed by atoms with Gasteiger partial charge in [-0.25, -0.2) is 0 Å². The van der Waals surface area contributed by atoms with Crippen LogP contribution in [-0.4, -0.2) is 22.7 Å². The molecule has 4 nitrogen and oxygen atoms in total. The maximum atomic E-state index is 10.9. The van der Waals surface area contributed by atoms with Crippen LogP contribution in [0.4, 0.5) is 0 Å². The molecular weight excluding hydrogens is 254 g/mol. The first-order valence-electron chi connectivity index (χ1n) is 7.31. The minimum Gasteiger partial charge on any atom is -0.508 e. The Morgan fingerprint density at radius 2 is 2.05 bits per heavy atom. The van der Waals surface area contributed by atoms with Crippen molar-refractivity contribution in [3.63, 3.8) is 0 Å². The Kier molecular flexibility index (Phi) is 5.01. The molecule has 1 fully saturated rings. The van der Waals surface area contributed by atoms with E-state index in [1.807, 2.05) is 12.1 Å². The molecule has 0 amide bonds. The number of benzene rings is 1. The van der Waals surface area contributed by atoms with Crippen LogP contribution in [0.2, 0.25) is 0 Å². The third kappa shape index (κ3) is 3.97. The summed E-state index contributed by atoms with van der Waals surface area (Å²) in [7, 11) is 0. The molecule has 0 heterocycles. The average molecular weight is 277 g/mol. The molecule has 0 saturated heterocycles. The van der Waals surface area contributed by atoms with Crippen molar-refractivity contribution in [2.24, 2.45) is 11.8 Å². The zero-order valence-electron chi connectivity index (χ0n) is 11.9. The molecule has 20 heavy (non-hydrogen) atoms. The van der Waals surface area contributed by atoms with Gasteiger partial charge in [0.05, 0.1) is 5.92 Å². The maximum absolute atomic E-state index is 10.9. The number of rotatable bonds is 5. The van der Waals surface area contributed by atoms with Crippen LogP contribution in [0.5, 0.6) is 5.75 Å². The monoisotopic (exact) mass is 277 g/mol. The minimum atomic E-state index is -0.649. The minimum absolute atomic E-state index is 0.144. The van der Waals surface area contributed by atoms with Crippen molar-refractivity contribution in [1.29, 1.82) is 0 Å². The van der Waals surface area contributed by atoms with E-state index in [0.29, 0.717) is 5.92 Å². The Morgan fingerprint density at radius 1 is 1.35 bits per heavy atom. The van der Waals surface area contributed by atoms with Crippen LogP contribution in [0.15, 0.2) is 24.3 Å². The topological polar surface area (TPSA) is 69.6 Å². The highest BCUT2D eigenvalue weighted by atomic mass is 16.4. The first kappa shape index (κ1) is 14.9. The van der Waals surface area contributed by atoms with Crippen molar-refractivity contribution < 1.29 is 15.0 Å². The summed E-state index contributed by atoms with van der Waals surface area (Å²) < 4.78 is 0. The fourth-order valence-electron chi connectivity index (χ4n) is 2.87. The molecule has 3 N–H and O–H groups in total. The van der Waals surface area contributed by atoms with Gasteiger partial charge in [-0.05, 0) is 62.8 Å². The Hall–Kier alpha value is -1.55. The normalized spacial score (nSPS) is 24.2. The number of aliphatic carboxylic acids is 1. The van der Waals surface area contributed by atoms with Gasteiger partial charge in [-0.1, -0.05) is 12.1 Å². The number of phenolic OH excluding ortho intramolecular Hbond substituents is 1. The van der Waals surface area contributed by atoms with Crippen molar-refractivity contribution in [3.05, 3.63) is 29.8 Å². The highest BCUT2D eigenvalue weighted by molar-refractivity contribution is 5.69. The van der Waals surface area contributed by atoms with Crippen LogP contribution in [0.3, 0.4) is 0 Å². The molecule has 1 aromatic carbocycles. The van der Waals surface area contributed by atoms with Gasteiger partial charge in [0, 0.05) is 6.04 Å². The molecular formula is C16H23NO3. The molecule has 1 atom stereocenters. The zero-order valence-corrected chi connectivity index (χ0v) is 11.9. The van der Waals surface area contributed by atoms with Crippen molar-refractivity contribution in [1.82, 2.24) is 5.32 Å². The van der Waals surface area contributed by atoms with Crippen molar-refractivity contribution in [2.45, 2.75) is 38.6 Å². The lowest BCUT2D eigenvalue weighted by molar-refractivity contribution is -0.143. The Labute approximate surface area is 119 Å². The van der Waals surface area contributed by atoms with E-state index in [4.69, 9.17) is 5.11 Å². The molecule has 1 aromatic rings. The van der Waals surface area contributed by atoms with Crippen LogP contribution in [0.1, 0.15) is 44.2 Å². The lowest BCUT2D eigenvalue weighted by Gasteiger charge is -2.27. The summed E-state index contributed by atoms with van der Waals surface area (Å²) in [5.74, 6) is 0.0581. The zero-order chi connectivity index (χ0) is 14.5. The Bertz CT molecular complexity index is 453. The van der Waals surface area contributed by atoms with Crippen molar-refractivity contribution >= 4 is 5.97 Å². The standard InChI is InChI=1S/C16H23NO3/c1-11(14-3-2-4-15(18)9-14)17-10-12-5-7-13(8-6-12)16(19)20/h2-4,9,11-13,17-18H,5-8,10H2,1H3,(H,19,20). The molecule has 0 aromatic heterocycles. The summed E-state index contributed by atoms with van der Waals surface area (Å²) >= 11 is 0. The van der Waals surface area contributed by atoms with Crippen LogP contribution in [0.25, 0.3) is 0 Å². The van der Waals surface area contributed by atoms with Crippen LogP contribution < -0.4 is 5.32 Å². The lowest BCUT2D eigenvalue weighted by atomic mass is 9.82. The Balaban J connectivity index is 1.77. The van der Waals surface area contributed by atoms with E-state index in [0.717, 1.165) is 37.8 Å². The van der Waals surface area contributed by atoms with E-state index >= 15 is 0 Å². The predicted octanol–water partition coefficient (Wildman–Crippen LogP) is 2.93. The SMILES string of the molecule is CC(NCC1CCC(C(=O)O)CC1)c1cccc(O)c1. The number of aromatic hydroxyl groups is 1. The summed E-state index contributed by atoms with van der Waals surface area (Å²) in [6, 6.07) is 7.49. The predicted molar refractivity (Wildman–Crippen MR) is 77.6 cm³/mol. The second kappa shape index (κ2) is 6.75. The van der Waals surface area contributed by atoms with Gasteiger partial charge in [0.1, 0.15) is 5.75 Å². The largest absolute Gasteiger partial charge is 0.508 e. The van der Waals surface area contributed by atoms with E-state index in [2.05, 4.69) is 12.2 Å². The number of phenols is 1. The number of carboxylic acid groups (broad SMARTS) is 1. The van der Waals surface area contributed by atoms with Gasteiger partial charge in [-0.15, -0.1) is 0 Å². The molecule has 1 unspecified atom stereocenters. The molecule has 110 valence electrons. The van der Waals surface area contributed by atoms with Gasteiger partial charge < -0.3 is 15.5 Å². The average Bonchev–Trinajstić information content (AvgIpc) is 2.45. The number of hydrogen-bond donors (Lipinski definition) is 3. The second-order valence-electron chi connectivity index (χ2n) is 5.78. The van der Waals surface area contributed by atoms with Gasteiger partial charge >= 0.3 is 5.97 Å². The molecule has 2 rings (SSSR count). The molecule has 0 spiro atoms. The van der Waals surface area contributed by atoms with Gasteiger partial charge in [0.25, 0.3) is 0 Å². The first-order valence-corrected chi connectivity index (χ1v) is 7.31. The molecule has 0 aliphatic heterocycles. The van der Waals surface area contributed by atoms with E-state index in [1.54, 1.807) is 12.1 Å². The summed E-state index contributed by atoms with van der Waals surface area (Å²) in [4.78, 5) is 10.9. The molecule has 1 aliphatic rings. The molecule has 1 saturated carbocycles. The van der Waals surface area contributed by atoms with E-state index in [-0.39, 0.29) is 17.7 Å². The van der Waals surface area contributed by atoms with E-state index < -0.39 is 5.97 Å². The summed E-state index contributed by atoms with van der Waals surface area (Å²) in [6.07, 6.45) is 3.55. The van der Waals surface area contributed by atoms with E-state index in [9.17, 15) is 9.90 Å². The van der Waals surface area contributed by atoms with E-state index in [1.165, 1.54) is 0 Å². The lowest BCUT2D eigenvalue weighted by Crippen LogP contribution is -2.30.